The van der Waals surface area contributed by atoms with Crippen LogP contribution in [0.1, 0.15) is 49.3 Å². The molecule has 2 aromatic rings. The van der Waals surface area contributed by atoms with Crippen LogP contribution in [0, 0.1) is 0 Å². The van der Waals surface area contributed by atoms with Gasteiger partial charge in [-0.15, -0.1) is 0 Å². The average Bonchev–Trinajstić information content (AvgIpc) is 3.43. The van der Waals surface area contributed by atoms with Crippen LogP contribution < -0.4 is 0 Å². The van der Waals surface area contributed by atoms with E-state index in [1.165, 1.54) is 5.01 Å². The van der Waals surface area contributed by atoms with Crippen LogP contribution in [0.25, 0.3) is 0 Å². The van der Waals surface area contributed by atoms with Crippen molar-refractivity contribution in [3.05, 3.63) is 70.2 Å². The Balaban J connectivity index is 1.34. The molecule has 1 saturated heterocycles. The number of nitrogens with zero attached hydrogens (tertiary/aromatic N) is 3. The Bertz CT molecular complexity index is 911. The zero-order valence-corrected chi connectivity index (χ0v) is 17.8. The highest BCUT2D eigenvalue weighted by molar-refractivity contribution is 9.10. The fourth-order valence-electron chi connectivity index (χ4n) is 4.05. The number of hydrogen-bond donors (Lipinski definition) is 0. The van der Waals surface area contributed by atoms with Crippen molar-refractivity contribution in [2.75, 3.05) is 13.1 Å². The lowest BCUT2D eigenvalue weighted by atomic mass is 10.0. The lowest BCUT2D eigenvalue weighted by Crippen LogP contribution is -2.32. The first-order valence-corrected chi connectivity index (χ1v) is 10.9. The van der Waals surface area contributed by atoms with Crippen LogP contribution >= 0.6 is 15.9 Å². The Morgan fingerprint density at radius 1 is 0.966 bits per heavy atom. The maximum absolute atomic E-state index is 12.8. The monoisotopic (exact) mass is 453 g/mol. The molecular weight excluding hydrogens is 430 g/mol. The number of carbonyl (C=O) groups is 2. The molecule has 1 fully saturated rings. The molecule has 2 aliphatic heterocycles. The number of halogens is 1. The molecule has 4 rings (SSSR count). The van der Waals surface area contributed by atoms with Gasteiger partial charge in [-0.25, -0.2) is 5.01 Å². The van der Waals surface area contributed by atoms with Gasteiger partial charge in [-0.3, -0.25) is 9.59 Å². The second-order valence-corrected chi connectivity index (χ2v) is 8.39. The molecule has 0 aliphatic carbocycles. The predicted octanol–water partition coefficient (Wildman–Crippen LogP) is 4.53. The Morgan fingerprint density at radius 2 is 1.69 bits per heavy atom. The van der Waals surface area contributed by atoms with E-state index in [1.54, 1.807) is 0 Å². The van der Waals surface area contributed by atoms with Gasteiger partial charge in [0.2, 0.25) is 11.8 Å². The second-order valence-electron chi connectivity index (χ2n) is 7.48. The molecule has 150 valence electrons. The zero-order chi connectivity index (χ0) is 20.2. The van der Waals surface area contributed by atoms with Crippen LogP contribution in [0.2, 0.25) is 0 Å². The molecule has 2 amide bonds. The lowest BCUT2D eigenvalue weighted by molar-refractivity contribution is -0.137. The molecule has 0 spiro atoms. The van der Waals surface area contributed by atoms with Gasteiger partial charge in [0, 0.05) is 30.3 Å². The van der Waals surface area contributed by atoms with Crippen molar-refractivity contribution >= 4 is 33.5 Å². The van der Waals surface area contributed by atoms with Gasteiger partial charge >= 0.3 is 0 Å². The van der Waals surface area contributed by atoms with E-state index >= 15 is 0 Å². The highest BCUT2D eigenvalue weighted by Crippen LogP contribution is 2.33. The van der Waals surface area contributed by atoms with E-state index in [9.17, 15) is 9.59 Å². The third-order valence-corrected chi connectivity index (χ3v) is 6.11. The molecule has 0 saturated carbocycles. The molecule has 2 aromatic carbocycles. The van der Waals surface area contributed by atoms with Crippen LogP contribution in [0.3, 0.4) is 0 Å². The minimum Gasteiger partial charge on any atom is -0.336 e. The summed E-state index contributed by atoms with van der Waals surface area (Å²) in [7, 11) is 0. The summed E-state index contributed by atoms with van der Waals surface area (Å²) in [6.45, 7) is 1.34. The van der Waals surface area contributed by atoms with Gasteiger partial charge in [0.15, 0.2) is 0 Å². The summed E-state index contributed by atoms with van der Waals surface area (Å²) in [5, 5.41) is 6.00. The van der Waals surface area contributed by atoms with Crippen molar-refractivity contribution in [3.8, 4) is 0 Å². The Labute approximate surface area is 179 Å². The van der Waals surface area contributed by atoms with Gasteiger partial charge in [-0.2, -0.15) is 5.10 Å². The summed E-state index contributed by atoms with van der Waals surface area (Å²) < 4.78 is 1.03. The molecule has 0 radical (unpaired) electrons. The third kappa shape index (κ3) is 4.58. The van der Waals surface area contributed by atoms with E-state index in [0.717, 1.165) is 47.1 Å². The van der Waals surface area contributed by atoms with Gasteiger partial charge in [0.1, 0.15) is 0 Å². The van der Waals surface area contributed by atoms with Crippen LogP contribution in [-0.4, -0.2) is 40.5 Å². The van der Waals surface area contributed by atoms with Gasteiger partial charge in [-0.1, -0.05) is 58.4 Å². The van der Waals surface area contributed by atoms with E-state index in [0.29, 0.717) is 6.54 Å². The molecular formula is C23H24BrN3O2. The van der Waals surface area contributed by atoms with Gasteiger partial charge in [0.05, 0.1) is 18.3 Å². The minimum absolute atomic E-state index is 0.0511. The predicted molar refractivity (Wildman–Crippen MR) is 116 cm³/mol. The highest BCUT2D eigenvalue weighted by Gasteiger charge is 2.30. The van der Waals surface area contributed by atoms with Crippen LogP contribution in [-0.2, 0) is 9.59 Å². The molecule has 29 heavy (non-hydrogen) atoms. The molecule has 0 bridgehead atoms. The summed E-state index contributed by atoms with van der Waals surface area (Å²) in [5.41, 5.74) is 3.13. The van der Waals surface area contributed by atoms with Crippen LogP contribution in [0.5, 0.6) is 0 Å². The van der Waals surface area contributed by atoms with Gasteiger partial charge in [0.25, 0.3) is 0 Å². The van der Waals surface area contributed by atoms with E-state index in [1.807, 2.05) is 47.4 Å². The summed E-state index contributed by atoms with van der Waals surface area (Å²) in [6.07, 6.45) is 3.16. The summed E-state index contributed by atoms with van der Waals surface area (Å²) in [4.78, 5) is 27.3. The van der Waals surface area contributed by atoms with Gasteiger partial charge < -0.3 is 4.90 Å². The standard InChI is InChI=1S/C23H24BrN3O2/c24-19-10-8-18(9-11-19)21-7-4-15-26(21)22(28)12-13-23(29)27-16-14-20(25-27)17-5-2-1-3-6-17/h1-3,5-6,8-11,21H,4,7,12-16H2. The third-order valence-electron chi connectivity index (χ3n) is 5.58. The smallest absolute Gasteiger partial charge is 0.243 e. The Morgan fingerprint density at radius 3 is 2.45 bits per heavy atom. The van der Waals surface area contributed by atoms with Crippen molar-refractivity contribution < 1.29 is 9.59 Å². The fraction of sp³-hybridized carbons (Fsp3) is 0.348. The van der Waals surface area contributed by atoms with E-state index < -0.39 is 0 Å². The number of likely N-dealkylation sites (tertiary alicyclic amines) is 1. The molecule has 1 unspecified atom stereocenters. The molecule has 2 heterocycles. The molecule has 5 nitrogen and oxygen atoms in total. The minimum atomic E-state index is -0.0799. The lowest BCUT2D eigenvalue weighted by Gasteiger charge is -2.25. The molecule has 6 heteroatoms. The number of amides is 2. The van der Waals surface area contributed by atoms with E-state index in [4.69, 9.17) is 0 Å². The Hall–Kier alpha value is -2.47. The van der Waals surface area contributed by atoms with E-state index in [2.05, 4.69) is 33.2 Å². The quantitative estimate of drug-likeness (QED) is 0.667. The Kier molecular flexibility index (Phi) is 6.09. The van der Waals surface area contributed by atoms with Crippen LogP contribution in [0.15, 0.2) is 64.2 Å². The number of benzene rings is 2. The molecule has 1 atom stereocenters. The number of rotatable bonds is 5. The first-order valence-electron chi connectivity index (χ1n) is 10.1. The normalized spacial score (nSPS) is 18.8. The molecule has 0 N–H and O–H groups in total. The maximum Gasteiger partial charge on any atom is 0.243 e. The van der Waals surface area contributed by atoms with Crippen molar-refractivity contribution in [1.29, 1.82) is 0 Å². The fourth-order valence-corrected chi connectivity index (χ4v) is 4.32. The number of carbonyl (C=O) groups excluding carboxylic acids is 2. The summed E-state index contributed by atoms with van der Waals surface area (Å²) in [6, 6.07) is 18.2. The largest absolute Gasteiger partial charge is 0.336 e. The second kappa shape index (κ2) is 8.91. The van der Waals surface area contributed by atoms with Crippen molar-refractivity contribution in [3.63, 3.8) is 0 Å². The summed E-state index contributed by atoms with van der Waals surface area (Å²) in [5.74, 6) is -0.0288. The first-order chi connectivity index (χ1) is 14.1. The van der Waals surface area contributed by atoms with Crippen LogP contribution in [0.4, 0.5) is 0 Å². The van der Waals surface area contributed by atoms with Crippen molar-refractivity contribution in [2.45, 2.75) is 38.1 Å². The van der Waals surface area contributed by atoms with Gasteiger partial charge in [-0.05, 0) is 36.1 Å². The van der Waals surface area contributed by atoms with Crippen molar-refractivity contribution in [2.24, 2.45) is 5.10 Å². The number of hydrazone groups is 1. The SMILES string of the molecule is O=C(CCC(=O)N1CCCC1c1ccc(Br)cc1)N1CCC(c2ccccc2)=N1. The molecule has 0 aromatic heterocycles. The number of hydrogen-bond acceptors (Lipinski definition) is 3. The highest BCUT2D eigenvalue weighted by atomic mass is 79.9. The topological polar surface area (TPSA) is 53.0 Å². The van der Waals surface area contributed by atoms with E-state index in [-0.39, 0.29) is 30.7 Å². The summed E-state index contributed by atoms with van der Waals surface area (Å²) >= 11 is 3.46. The van der Waals surface area contributed by atoms with Crippen molar-refractivity contribution in [1.82, 2.24) is 9.91 Å². The average molecular weight is 454 g/mol. The first kappa shape index (κ1) is 19.8. The maximum atomic E-state index is 12.8. The molecule has 2 aliphatic rings. The zero-order valence-electron chi connectivity index (χ0n) is 16.3.